The number of hydrogen-bond acceptors (Lipinski definition) is 2. The van der Waals surface area contributed by atoms with Gasteiger partial charge in [0, 0.05) is 16.5 Å². The number of benzene rings is 1. The van der Waals surface area contributed by atoms with Crippen molar-refractivity contribution >= 4 is 16.8 Å². The summed E-state index contributed by atoms with van der Waals surface area (Å²) in [5, 5.41) is 10.9. The molecule has 2 aromatic rings. The Balaban J connectivity index is 2.17. The van der Waals surface area contributed by atoms with Crippen LogP contribution in [0.15, 0.2) is 24.4 Å². The Bertz CT molecular complexity index is 557. The van der Waals surface area contributed by atoms with Crippen LogP contribution in [0.3, 0.4) is 0 Å². The highest BCUT2D eigenvalue weighted by Gasteiger charge is 2.20. The minimum Gasteiger partial charge on any atom is -0.347 e. The Hall–Kier alpha value is -1.84. The van der Waals surface area contributed by atoms with E-state index in [1.165, 1.54) is 0 Å². The summed E-state index contributed by atoms with van der Waals surface area (Å²) in [5.41, 5.74) is 1.38. The second-order valence-corrected chi connectivity index (χ2v) is 5.26. The molecule has 96 valence electrons. The molecule has 0 spiro atoms. The molecule has 18 heavy (non-hydrogen) atoms. The summed E-state index contributed by atoms with van der Waals surface area (Å²) in [6, 6.07) is 5.56. The van der Waals surface area contributed by atoms with E-state index < -0.39 is 0 Å². The maximum Gasteiger partial charge on any atom is 0.251 e. The lowest BCUT2D eigenvalue weighted by Crippen LogP contribution is -2.43. The largest absolute Gasteiger partial charge is 0.347 e. The Labute approximate surface area is 107 Å². The van der Waals surface area contributed by atoms with Gasteiger partial charge in [-0.25, -0.2) is 0 Å². The number of nitrogens with one attached hydrogen (secondary N) is 2. The first-order valence-corrected chi connectivity index (χ1v) is 6.27. The number of hydrogen-bond donors (Lipinski definition) is 2. The fraction of sp³-hybridized carbons (Fsp3) is 0.429. The second kappa shape index (κ2) is 4.80. The van der Waals surface area contributed by atoms with Crippen LogP contribution in [0.2, 0.25) is 0 Å². The molecule has 0 radical (unpaired) electrons. The zero-order valence-corrected chi connectivity index (χ0v) is 11.1. The van der Waals surface area contributed by atoms with Crippen LogP contribution in [0.25, 0.3) is 10.9 Å². The molecule has 2 rings (SSSR count). The smallest absolute Gasteiger partial charge is 0.251 e. The molecule has 0 saturated heterocycles. The standard InChI is InChI=1S/C14H19N3O/c1-4-7-14(2,3)16-13(18)10-5-6-11-9-15-17-12(11)8-10/h5-6,8-9H,4,7H2,1-3H3,(H,15,17)(H,16,18). The molecule has 4 nitrogen and oxygen atoms in total. The molecule has 1 aromatic carbocycles. The number of rotatable bonds is 4. The van der Waals surface area contributed by atoms with E-state index in [1.807, 2.05) is 32.0 Å². The average molecular weight is 245 g/mol. The average Bonchev–Trinajstić information content (AvgIpc) is 2.74. The SMILES string of the molecule is CCCC(C)(C)NC(=O)c1ccc2cn[nH]c2c1. The molecule has 2 N–H and O–H groups in total. The Morgan fingerprint density at radius 2 is 2.22 bits per heavy atom. The van der Waals surface area contributed by atoms with E-state index in [1.54, 1.807) is 6.20 Å². The summed E-state index contributed by atoms with van der Waals surface area (Å²) >= 11 is 0. The van der Waals surface area contributed by atoms with Gasteiger partial charge in [-0.2, -0.15) is 5.10 Å². The maximum absolute atomic E-state index is 12.2. The van der Waals surface area contributed by atoms with Gasteiger partial charge in [-0.3, -0.25) is 9.89 Å². The Morgan fingerprint density at radius 1 is 1.44 bits per heavy atom. The molecule has 0 saturated carbocycles. The van der Waals surface area contributed by atoms with Gasteiger partial charge in [0.15, 0.2) is 0 Å². The lowest BCUT2D eigenvalue weighted by atomic mass is 9.98. The number of amides is 1. The minimum absolute atomic E-state index is 0.0371. The summed E-state index contributed by atoms with van der Waals surface area (Å²) < 4.78 is 0. The highest BCUT2D eigenvalue weighted by Crippen LogP contribution is 2.15. The summed E-state index contributed by atoms with van der Waals surface area (Å²) in [6.45, 7) is 6.21. The van der Waals surface area contributed by atoms with Crippen LogP contribution < -0.4 is 5.32 Å². The van der Waals surface area contributed by atoms with Crippen molar-refractivity contribution in [1.29, 1.82) is 0 Å². The summed E-state index contributed by atoms with van der Waals surface area (Å²) in [6.07, 6.45) is 3.76. The number of carbonyl (C=O) groups excluding carboxylic acids is 1. The molecule has 1 heterocycles. The molecule has 1 amide bonds. The van der Waals surface area contributed by atoms with Crippen LogP contribution in [0.5, 0.6) is 0 Å². The zero-order valence-electron chi connectivity index (χ0n) is 11.1. The molecule has 0 aliphatic rings. The van der Waals surface area contributed by atoms with Crippen LogP contribution in [0.1, 0.15) is 44.0 Å². The molecular formula is C14H19N3O. The van der Waals surface area contributed by atoms with E-state index >= 15 is 0 Å². The van der Waals surface area contributed by atoms with Crippen molar-refractivity contribution in [2.75, 3.05) is 0 Å². The third-order valence-electron chi connectivity index (χ3n) is 3.03. The molecule has 0 unspecified atom stereocenters. The van der Waals surface area contributed by atoms with Gasteiger partial charge in [0.2, 0.25) is 0 Å². The number of carbonyl (C=O) groups is 1. The first-order chi connectivity index (χ1) is 8.52. The van der Waals surface area contributed by atoms with Gasteiger partial charge in [-0.15, -0.1) is 0 Å². The predicted molar refractivity (Wildman–Crippen MR) is 72.5 cm³/mol. The second-order valence-electron chi connectivity index (χ2n) is 5.26. The number of fused-ring (bicyclic) bond motifs is 1. The lowest BCUT2D eigenvalue weighted by molar-refractivity contribution is 0.0909. The fourth-order valence-corrected chi connectivity index (χ4v) is 2.15. The number of aromatic amines is 1. The van der Waals surface area contributed by atoms with Gasteiger partial charge in [0.1, 0.15) is 0 Å². The van der Waals surface area contributed by atoms with Crippen molar-refractivity contribution in [3.8, 4) is 0 Å². The topological polar surface area (TPSA) is 57.8 Å². The fourth-order valence-electron chi connectivity index (χ4n) is 2.15. The van der Waals surface area contributed by atoms with E-state index in [4.69, 9.17) is 0 Å². The minimum atomic E-state index is -0.172. The maximum atomic E-state index is 12.2. The molecule has 0 atom stereocenters. The van der Waals surface area contributed by atoms with E-state index in [9.17, 15) is 4.79 Å². The Morgan fingerprint density at radius 3 is 2.94 bits per heavy atom. The summed E-state index contributed by atoms with van der Waals surface area (Å²) in [4.78, 5) is 12.2. The van der Waals surface area contributed by atoms with E-state index in [0.717, 1.165) is 23.7 Å². The van der Waals surface area contributed by atoms with Crippen LogP contribution >= 0.6 is 0 Å². The van der Waals surface area contributed by atoms with Gasteiger partial charge in [0.25, 0.3) is 5.91 Å². The normalized spacial score (nSPS) is 11.7. The van der Waals surface area contributed by atoms with Crippen molar-refractivity contribution in [3.63, 3.8) is 0 Å². The zero-order chi connectivity index (χ0) is 13.2. The number of nitrogens with zero attached hydrogens (tertiary/aromatic N) is 1. The van der Waals surface area contributed by atoms with Gasteiger partial charge in [0.05, 0.1) is 11.7 Å². The Kier molecular flexibility index (Phi) is 3.36. The summed E-state index contributed by atoms with van der Waals surface area (Å²) in [7, 11) is 0. The number of H-pyrrole nitrogens is 1. The molecule has 0 fully saturated rings. The van der Waals surface area contributed by atoms with Gasteiger partial charge >= 0.3 is 0 Å². The third-order valence-corrected chi connectivity index (χ3v) is 3.03. The van der Waals surface area contributed by atoms with Crippen LogP contribution in [-0.4, -0.2) is 21.6 Å². The van der Waals surface area contributed by atoms with Crippen molar-refractivity contribution in [1.82, 2.24) is 15.5 Å². The van der Waals surface area contributed by atoms with E-state index in [-0.39, 0.29) is 11.4 Å². The molecule has 0 aliphatic heterocycles. The molecule has 1 aromatic heterocycles. The molecule has 4 heteroatoms. The van der Waals surface area contributed by atoms with Crippen molar-refractivity contribution in [2.45, 2.75) is 39.2 Å². The van der Waals surface area contributed by atoms with Crippen molar-refractivity contribution in [2.24, 2.45) is 0 Å². The number of aromatic nitrogens is 2. The van der Waals surface area contributed by atoms with Crippen LogP contribution in [0.4, 0.5) is 0 Å². The first-order valence-electron chi connectivity index (χ1n) is 6.27. The van der Waals surface area contributed by atoms with Gasteiger partial charge < -0.3 is 5.32 Å². The first kappa shape index (κ1) is 12.6. The predicted octanol–water partition coefficient (Wildman–Crippen LogP) is 2.87. The van der Waals surface area contributed by atoms with Crippen molar-refractivity contribution in [3.05, 3.63) is 30.0 Å². The monoisotopic (exact) mass is 245 g/mol. The van der Waals surface area contributed by atoms with E-state index in [0.29, 0.717) is 5.56 Å². The van der Waals surface area contributed by atoms with Crippen LogP contribution in [-0.2, 0) is 0 Å². The van der Waals surface area contributed by atoms with Crippen LogP contribution in [0, 0.1) is 0 Å². The molecule has 0 aliphatic carbocycles. The van der Waals surface area contributed by atoms with E-state index in [2.05, 4.69) is 22.4 Å². The third kappa shape index (κ3) is 2.70. The van der Waals surface area contributed by atoms with Gasteiger partial charge in [-0.05, 0) is 32.4 Å². The highest BCUT2D eigenvalue weighted by atomic mass is 16.1. The molecular weight excluding hydrogens is 226 g/mol. The van der Waals surface area contributed by atoms with Crippen molar-refractivity contribution < 1.29 is 4.79 Å². The summed E-state index contributed by atoms with van der Waals surface area (Å²) in [5.74, 6) is -0.0371. The molecule has 0 bridgehead atoms. The highest BCUT2D eigenvalue weighted by molar-refractivity contribution is 5.98. The van der Waals surface area contributed by atoms with Gasteiger partial charge in [-0.1, -0.05) is 19.4 Å². The lowest BCUT2D eigenvalue weighted by Gasteiger charge is -2.25. The quantitative estimate of drug-likeness (QED) is 0.870.